The van der Waals surface area contributed by atoms with Gasteiger partial charge in [0.05, 0.1) is 0 Å². The average Bonchev–Trinajstić information content (AvgIpc) is 2.95. The predicted octanol–water partition coefficient (Wildman–Crippen LogP) is 7.17. The van der Waals surface area contributed by atoms with E-state index in [1.807, 2.05) is 0 Å². The molecular formula is C24H25N. The smallest absolute Gasteiger partial charge is 0.0494 e. The zero-order valence-electron chi connectivity index (χ0n) is 15.5. The molecule has 0 aliphatic rings. The predicted molar refractivity (Wildman–Crippen MR) is 109 cm³/mol. The summed E-state index contributed by atoms with van der Waals surface area (Å²) in [6.45, 7) is 9.01. The molecule has 0 saturated heterocycles. The fourth-order valence-corrected chi connectivity index (χ4v) is 3.82. The Morgan fingerprint density at radius 3 is 2.12 bits per heavy atom. The largest absolute Gasteiger partial charge is 0.338 e. The van der Waals surface area contributed by atoms with Gasteiger partial charge in [-0.25, -0.2) is 0 Å². The molecular weight excluding hydrogens is 302 g/mol. The number of rotatable bonds is 3. The minimum absolute atomic E-state index is 0.442. The quantitative estimate of drug-likeness (QED) is 0.376. The van der Waals surface area contributed by atoms with E-state index in [0.29, 0.717) is 12.0 Å². The molecule has 0 radical (unpaired) electrons. The minimum atomic E-state index is 0.442. The fraction of sp³-hybridized carbons (Fsp3) is 0.250. The molecule has 0 fully saturated rings. The first-order chi connectivity index (χ1) is 12.1. The molecule has 1 aromatic heterocycles. The molecule has 3 aromatic carbocycles. The molecule has 25 heavy (non-hydrogen) atoms. The molecule has 0 spiro atoms. The van der Waals surface area contributed by atoms with Crippen LogP contribution in [0.25, 0.3) is 32.9 Å². The van der Waals surface area contributed by atoms with E-state index in [4.69, 9.17) is 0 Å². The Balaban J connectivity index is 1.97. The van der Waals surface area contributed by atoms with Gasteiger partial charge in [0, 0.05) is 27.8 Å². The van der Waals surface area contributed by atoms with Crippen LogP contribution in [0.15, 0.2) is 66.7 Å². The first kappa shape index (κ1) is 16.0. The maximum atomic E-state index is 2.44. The maximum Gasteiger partial charge on any atom is 0.0494 e. The van der Waals surface area contributed by atoms with Crippen molar-refractivity contribution >= 4 is 21.8 Å². The Labute approximate surface area is 149 Å². The summed E-state index contributed by atoms with van der Waals surface area (Å²) < 4.78 is 2.44. The molecule has 0 N–H and O–H groups in total. The number of hydrogen-bond donors (Lipinski definition) is 0. The van der Waals surface area contributed by atoms with Crippen LogP contribution < -0.4 is 0 Å². The summed E-state index contributed by atoms with van der Waals surface area (Å²) in [5.74, 6) is 0.548. The van der Waals surface area contributed by atoms with Crippen LogP contribution in [0.3, 0.4) is 0 Å². The summed E-state index contributed by atoms with van der Waals surface area (Å²) >= 11 is 0. The standard InChI is InChI=1S/C24H25N/c1-16(2)18-8-7-9-19(14-18)20-12-13-24-22(15-20)21-10-5-6-11-23(21)25(24)17(3)4/h5-17H,1-4H3. The van der Waals surface area contributed by atoms with Gasteiger partial charge in [-0.1, -0.05) is 62.4 Å². The lowest BCUT2D eigenvalue weighted by molar-refractivity contribution is 0.642. The van der Waals surface area contributed by atoms with Crippen LogP contribution in [-0.2, 0) is 0 Å². The molecule has 0 amide bonds. The Bertz CT molecular complexity index is 1050. The summed E-state index contributed by atoms with van der Waals surface area (Å²) in [6.07, 6.45) is 0. The van der Waals surface area contributed by atoms with Crippen LogP contribution >= 0.6 is 0 Å². The Hall–Kier alpha value is -2.54. The summed E-state index contributed by atoms with van der Waals surface area (Å²) in [5.41, 5.74) is 6.62. The van der Waals surface area contributed by atoms with Crippen LogP contribution in [0.5, 0.6) is 0 Å². The van der Waals surface area contributed by atoms with E-state index in [2.05, 4.69) is 99.0 Å². The van der Waals surface area contributed by atoms with Crippen molar-refractivity contribution < 1.29 is 0 Å². The van der Waals surface area contributed by atoms with E-state index in [1.54, 1.807) is 0 Å². The lowest BCUT2D eigenvalue weighted by Gasteiger charge is -2.12. The van der Waals surface area contributed by atoms with Crippen molar-refractivity contribution in [3.63, 3.8) is 0 Å². The lowest BCUT2D eigenvalue weighted by Crippen LogP contribution is -1.99. The molecule has 1 heteroatoms. The van der Waals surface area contributed by atoms with Gasteiger partial charge in [0.15, 0.2) is 0 Å². The maximum absolute atomic E-state index is 2.44. The third-order valence-electron chi connectivity index (χ3n) is 5.11. The molecule has 0 aliphatic carbocycles. The van der Waals surface area contributed by atoms with E-state index < -0.39 is 0 Å². The first-order valence-corrected chi connectivity index (χ1v) is 9.19. The van der Waals surface area contributed by atoms with Crippen molar-refractivity contribution in [3.05, 3.63) is 72.3 Å². The van der Waals surface area contributed by atoms with Gasteiger partial charge in [0.2, 0.25) is 0 Å². The molecule has 4 aromatic rings. The zero-order valence-corrected chi connectivity index (χ0v) is 15.5. The van der Waals surface area contributed by atoms with Crippen LogP contribution in [0, 0.1) is 0 Å². The second-order valence-electron chi connectivity index (χ2n) is 7.49. The molecule has 0 atom stereocenters. The van der Waals surface area contributed by atoms with E-state index in [-0.39, 0.29) is 0 Å². The minimum Gasteiger partial charge on any atom is -0.338 e. The molecule has 0 bridgehead atoms. The van der Waals surface area contributed by atoms with E-state index >= 15 is 0 Å². The van der Waals surface area contributed by atoms with Gasteiger partial charge in [0.1, 0.15) is 0 Å². The fourth-order valence-electron chi connectivity index (χ4n) is 3.82. The number of hydrogen-bond acceptors (Lipinski definition) is 0. The third kappa shape index (κ3) is 2.64. The monoisotopic (exact) mass is 327 g/mol. The first-order valence-electron chi connectivity index (χ1n) is 9.19. The molecule has 0 aliphatic heterocycles. The molecule has 4 rings (SSSR count). The third-order valence-corrected chi connectivity index (χ3v) is 5.11. The highest BCUT2D eigenvalue weighted by molar-refractivity contribution is 6.09. The van der Waals surface area contributed by atoms with Gasteiger partial charge in [-0.15, -0.1) is 0 Å². The Morgan fingerprint density at radius 2 is 1.36 bits per heavy atom. The van der Waals surface area contributed by atoms with Crippen molar-refractivity contribution in [2.45, 2.75) is 39.7 Å². The molecule has 1 heterocycles. The SMILES string of the molecule is CC(C)c1cccc(-c2ccc3c(c2)c2ccccc2n3C(C)C)c1. The normalized spacial score (nSPS) is 11.9. The van der Waals surface area contributed by atoms with Crippen LogP contribution in [-0.4, -0.2) is 4.57 Å². The number of benzene rings is 3. The van der Waals surface area contributed by atoms with Crippen molar-refractivity contribution in [2.24, 2.45) is 0 Å². The van der Waals surface area contributed by atoms with Crippen LogP contribution in [0.2, 0.25) is 0 Å². The van der Waals surface area contributed by atoms with Crippen molar-refractivity contribution in [2.75, 3.05) is 0 Å². The van der Waals surface area contributed by atoms with Gasteiger partial charge in [-0.05, 0) is 54.7 Å². The number of fused-ring (bicyclic) bond motifs is 3. The van der Waals surface area contributed by atoms with E-state index in [0.717, 1.165) is 0 Å². The topological polar surface area (TPSA) is 4.93 Å². The summed E-state index contributed by atoms with van der Waals surface area (Å²) in [5, 5.41) is 2.69. The molecule has 1 nitrogen and oxygen atoms in total. The Kier molecular flexibility index (Phi) is 3.88. The van der Waals surface area contributed by atoms with E-state index in [1.165, 1.54) is 38.5 Å². The van der Waals surface area contributed by atoms with Gasteiger partial charge >= 0.3 is 0 Å². The van der Waals surface area contributed by atoms with Gasteiger partial charge in [-0.3, -0.25) is 0 Å². The van der Waals surface area contributed by atoms with Gasteiger partial charge in [-0.2, -0.15) is 0 Å². The second kappa shape index (κ2) is 6.07. The number of aromatic nitrogens is 1. The number of para-hydroxylation sites is 1. The Morgan fingerprint density at radius 1 is 0.640 bits per heavy atom. The van der Waals surface area contributed by atoms with Gasteiger partial charge in [0.25, 0.3) is 0 Å². The highest BCUT2D eigenvalue weighted by Gasteiger charge is 2.13. The van der Waals surface area contributed by atoms with Crippen molar-refractivity contribution in [1.82, 2.24) is 4.57 Å². The molecule has 0 saturated carbocycles. The number of nitrogens with zero attached hydrogens (tertiary/aromatic N) is 1. The summed E-state index contributed by atoms with van der Waals surface area (Å²) in [6, 6.07) is 25.0. The summed E-state index contributed by atoms with van der Waals surface area (Å²) in [7, 11) is 0. The molecule has 126 valence electrons. The zero-order chi connectivity index (χ0) is 17.6. The van der Waals surface area contributed by atoms with Crippen molar-refractivity contribution in [3.8, 4) is 11.1 Å². The van der Waals surface area contributed by atoms with Crippen LogP contribution in [0.1, 0.15) is 45.2 Å². The second-order valence-corrected chi connectivity index (χ2v) is 7.49. The highest BCUT2D eigenvalue weighted by Crippen LogP contribution is 2.35. The average molecular weight is 327 g/mol. The summed E-state index contributed by atoms with van der Waals surface area (Å²) in [4.78, 5) is 0. The lowest BCUT2D eigenvalue weighted by atomic mass is 9.96. The van der Waals surface area contributed by atoms with Crippen LogP contribution in [0.4, 0.5) is 0 Å². The highest BCUT2D eigenvalue weighted by atomic mass is 15.0. The van der Waals surface area contributed by atoms with Crippen molar-refractivity contribution in [1.29, 1.82) is 0 Å². The molecule has 0 unspecified atom stereocenters. The van der Waals surface area contributed by atoms with E-state index in [9.17, 15) is 0 Å². The van der Waals surface area contributed by atoms with Gasteiger partial charge < -0.3 is 4.57 Å².